The first-order valence-corrected chi connectivity index (χ1v) is 11.3. The van der Waals surface area contributed by atoms with Crippen LogP contribution in [0.25, 0.3) is 5.69 Å². The van der Waals surface area contributed by atoms with Gasteiger partial charge in [0.1, 0.15) is 0 Å². The Hall–Kier alpha value is -2.02. The van der Waals surface area contributed by atoms with E-state index in [9.17, 15) is 4.79 Å². The molecule has 1 amide bonds. The van der Waals surface area contributed by atoms with Crippen LogP contribution in [0.2, 0.25) is 0 Å². The van der Waals surface area contributed by atoms with E-state index in [1.807, 2.05) is 4.90 Å². The Bertz CT molecular complexity index is 813. The van der Waals surface area contributed by atoms with Crippen LogP contribution >= 0.6 is 11.8 Å². The summed E-state index contributed by atoms with van der Waals surface area (Å²) in [7, 11) is 0. The predicted octanol–water partition coefficient (Wildman–Crippen LogP) is 3.53. The lowest BCUT2D eigenvalue weighted by Crippen LogP contribution is -2.40. The van der Waals surface area contributed by atoms with Crippen molar-refractivity contribution in [1.29, 1.82) is 0 Å². The zero-order valence-electron chi connectivity index (χ0n) is 16.8. The zero-order chi connectivity index (χ0) is 19.5. The number of thioether (sulfide) groups is 1. The molecule has 0 spiro atoms. The fraction of sp³-hybridized carbons (Fsp3) is 0.571. The van der Waals surface area contributed by atoms with Gasteiger partial charge in [0.2, 0.25) is 11.9 Å². The van der Waals surface area contributed by atoms with E-state index in [0.717, 1.165) is 49.4 Å². The quantitative estimate of drug-likeness (QED) is 0.720. The van der Waals surface area contributed by atoms with Gasteiger partial charge in [-0.05, 0) is 50.7 Å². The van der Waals surface area contributed by atoms with Gasteiger partial charge in [-0.15, -0.1) is 10.2 Å². The Labute approximate surface area is 171 Å². The van der Waals surface area contributed by atoms with Crippen molar-refractivity contribution in [2.45, 2.75) is 44.7 Å². The van der Waals surface area contributed by atoms with E-state index in [1.165, 1.54) is 36.6 Å². The molecular formula is C21H29N5OS. The number of benzene rings is 1. The van der Waals surface area contributed by atoms with E-state index in [2.05, 4.69) is 57.8 Å². The highest BCUT2D eigenvalue weighted by Gasteiger charge is 2.25. The second kappa shape index (κ2) is 8.55. The molecule has 1 unspecified atom stereocenters. The smallest absolute Gasteiger partial charge is 0.233 e. The minimum absolute atomic E-state index is 0.206. The Morgan fingerprint density at radius 2 is 1.86 bits per heavy atom. The number of rotatable bonds is 5. The van der Waals surface area contributed by atoms with Crippen molar-refractivity contribution in [3.63, 3.8) is 0 Å². The Balaban J connectivity index is 1.54. The highest BCUT2D eigenvalue weighted by atomic mass is 32.2. The van der Waals surface area contributed by atoms with Crippen LogP contribution in [-0.4, -0.2) is 57.5 Å². The second-order valence-corrected chi connectivity index (χ2v) is 8.97. The molecule has 0 saturated carbocycles. The van der Waals surface area contributed by atoms with Crippen molar-refractivity contribution in [3.8, 4) is 5.69 Å². The minimum Gasteiger partial charge on any atom is -0.342 e. The highest BCUT2D eigenvalue weighted by Crippen LogP contribution is 2.29. The summed E-state index contributed by atoms with van der Waals surface area (Å²) in [4.78, 5) is 17.0. The molecule has 2 aliphatic heterocycles. The fourth-order valence-electron chi connectivity index (χ4n) is 4.03. The fourth-order valence-corrected chi connectivity index (χ4v) is 4.88. The maximum absolute atomic E-state index is 12.7. The molecule has 0 aliphatic carbocycles. The van der Waals surface area contributed by atoms with E-state index in [-0.39, 0.29) is 5.91 Å². The Morgan fingerprint density at radius 3 is 2.57 bits per heavy atom. The molecular weight excluding hydrogens is 370 g/mol. The maximum Gasteiger partial charge on any atom is 0.233 e. The van der Waals surface area contributed by atoms with E-state index in [4.69, 9.17) is 0 Å². The van der Waals surface area contributed by atoms with E-state index < -0.39 is 0 Å². The Kier molecular flexibility index (Phi) is 5.90. The van der Waals surface area contributed by atoms with Gasteiger partial charge in [0, 0.05) is 26.2 Å². The third-order valence-electron chi connectivity index (χ3n) is 5.63. The molecule has 1 aromatic carbocycles. The molecule has 2 saturated heterocycles. The number of hydrogen-bond acceptors (Lipinski definition) is 5. The standard InChI is InChI=1S/C21H29N5OS/c1-16-7-9-18(10-8-16)26-20(24-11-3-4-12-24)22-23-21(26)28-15-19(27)25-13-5-6-17(2)14-25/h7-10,17H,3-6,11-15H2,1-2H3. The number of nitrogens with zero attached hydrogens (tertiary/aromatic N) is 5. The topological polar surface area (TPSA) is 54.3 Å². The van der Waals surface area contributed by atoms with Gasteiger partial charge in [-0.25, -0.2) is 0 Å². The van der Waals surface area contributed by atoms with Crippen molar-refractivity contribution in [2.75, 3.05) is 36.8 Å². The number of carbonyl (C=O) groups excluding carboxylic acids is 1. The number of likely N-dealkylation sites (tertiary alicyclic amines) is 1. The van der Waals surface area contributed by atoms with Crippen LogP contribution in [-0.2, 0) is 4.79 Å². The molecule has 2 aliphatic rings. The van der Waals surface area contributed by atoms with E-state index in [1.54, 1.807) is 0 Å². The zero-order valence-corrected chi connectivity index (χ0v) is 17.6. The van der Waals surface area contributed by atoms with Crippen LogP contribution in [0.3, 0.4) is 0 Å². The van der Waals surface area contributed by atoms with Crippen molar-refractivity contribution >= 4 is 23.6 Å². The van der Waals surface area contributed by atoms with Gasteiger partial charge in [-0.3, -0.25) is 9.36 Å². The normalized spacial score (nSPS) is 20.0. The third kappa shape index (κ3) is 4.19. The van der Waals surface area contributed by atoms with Crippen molar-refractivity contribution < 1.29 is 4.79 Å². The molecule has 28 heavy (non-hydrogen) atoms. The first kappa shape index (κ1) is 19.3. The lowest BCUT2D eigenvalue weighted by atomic mass is 10.0. The first-order chi connectivity index (χ1) is 13.6. The van der Waals surface area contributed by atoms with Gasteiger partial charge < -0.3 is 9.80 Å². The molecule has 150 valence electrons. The van der Waals surface area contributed by atoms with Crippen LogP contribution in [0.1, 0.15) is 38.2 Å². The van der Waals surface area contributed by atoms with Gasteiger partial charge in [-0.2, -0.15) is 0 Å². The summed E-state index contributed by atoms with van der Waals surface area (Å²) in [6.07, 6.45) is 4.71. The lowest BCUT2D eigenvalue weighted by Gasteiger charge is -2.30. The molecule has 0 N–H and O–H groups in total. The van der Waals surface area contributed by atoms with Crippen LogP contribution in [0, 0.1) is 12.8 Å². The van der Waals surface area contributed by atoms with Gasteiger partial charge >= 0.3 is 0 Å². The summed E-state index contributed by atoms with van der Waals surface area (Å²) >= 11 is 1.50. The van der Waals surface area contributed by atoms with Gasteiger partial charge in [-0.1, -0.05) is 36.4 Å². The number of anilines is 1. The molecule has 0 radical (unpaired) electrons. The number of aromatic nitrogens is 3. The Morgan fingerprint density at radius 1 is 1.11 bits per heavy atom. The second-order valence-electron chi connectivity index (χ2n) is 8.02. The molecule has 1 atom stereocenters. The monoisotopic (exact) mass is 399 g/mol. The van der Waals surface area contributed by atoms with Crippen LogP contribution < -0.4 is 4.90 Å². The lowest BCUT2D eigenvalue weighted by molar-refractivity contribution is -0.130. The summed E-state index contributed by atoms with van der Waals surface area (Å²) in [6.45, 7) is 8.10. The third-order valence-corrected chi connectivity index (χ3v) is 6.55. The number of aryl methyl sites for hydroxylation is 1. The molecule has 2 fully saturated rings. The first-order valence-electron chi connectivity index (χ1n) is 10.3. The predicted molar refractivity (Wildman–Crippen MR) is 113 cm³/mol. The summed E-state index contributed by atoms with van der Waals surface area (Å²) in [5.74, 6) is 2.11. The molecule has 3 heterocycles. The molecule has 4 rings (SSSR count). The van der Waals surface area contributed by atoms with Gasteiger partial charge in [0.25, 0.3) is 0 Å². The SMILES string of the molecule is Cc1ccc(-n2c(SCC(=O)N3CCCC(C)C3)nnc2N2CCCC2)cc1. The van der Waals surface area contributed by atoms with Crippen molar-refractivity contribution in [3.05, 3.63) is 29.8 Å². The number of hydrogen-bond donors (Lipinski definition) is 0. The summed E-state index contributed by atoms with van der Waals surface area (Å²) in [5, 5.41) is 9.74. The summed E-state index contributed by atoms with van der Waals surface area (Å²) < 4.78 is 2.11. The van der Waals surface area contributed by atoms with Crippen molar-refractivity contribution in [1.82, 2.24) is 19.7 Å². The summed E-state index contributed by atoms with van der Waals surface area (Å²) in [6, 6.07) is 8.43. The number of piperidine rings is 1. The highest BCUT2D eigenvalue weighted by molar-refractivity contribution is 7.99. The van der Waals surface area contributed by atoms with E-state index in [0.29, 0.717) is 11.7 Å². The number of carbonyl (C=O) groups is 1. The van der Waals surface area contributed by atoms with Crippen molar-refractivity contribution in [2.24, 2.45) is 5.92 Å². The largest absolute Gasteiger partial charge is 0.342 e. The summed E-state index contributed by atoms with van der Waals surface area (Å²) in [5.41, 5.74) is 2.28. The minimum atomic E-state index is 0.206. The van der Waals surface area contributed by atoms with Crippen LogP contribution in [0.4, 0.5) is 5.95 Å². The average Bonchev–Trinajstić information content (AvgIpc) is 3.36. The molecule has 7 heteroatoms. The van der Waals surface area contributed by atoms with Crippen LogP contribution in [0.5, 0.6) is 0 Å². The van der Waals surface area contributed by atoms with E-state index >= 15 is 0 Å². The van der Waals surface area contributed by atoms with Gasteiger partial charge in [0.15, 0.2) is 5.16 Å². The van der Waals surface area contributed by atoms with Crippen LogP contribution in [0.15, 0.2) is 29.4 Å². The van der Waals surface area contributed by atoms with Gasteiger partial charge in [0.05, 0.1) is 11.4 Å². The molecule has 6 nitrogen and oxygen atoms in total. The molecule has 0 bridgehead atoms. The molecule has 1 aromatic heterocycles. The molecule has 2 aromatic rings. The number of amides is 1. The maximum atomic E-state index is 12.7. The average molecular weight is 400 g/mol.